The van der Waals surface area contributed by atoms with E-state index in [1.807, 2.05) is 11.3 Å². The zero-order valence-corrected chi connectivity index (χ0v) is 32.0. The van der Waals surface area contributed by atoms with Crippen LogP contribution in [-0.2, 0) is 5.41 Å². The van der Waals surface area contributed by atoms with Gasteiger partial charge >= 0.3 is 0 Å². The van der Waals surface area contributed by atoms with Gasteiger partial charge < -0.3 is 0 Å². The summed E-state index contributed by atoms with van der Waals surface area (Å²) in [6, 6.07) is 68.2. The second-order valence-corrected chi connectivity index (χ2v) is 17.0. The van der Waals surface area contributed by atoms with E-state index in [-0.39, 0.29) is 5.41 Å². The molecule has 0 spiro atoms. The first kappa shape index (κ1) is 31.8. The van der Waals surface area contributed by atoms with Gasteiger partial charge in [-0.1, -0.05) is 172 Å². The van der Waals surface area contributed by atoms with E-state index < -0.39 is 0 Å². The van der Waals surface area contributed by atoms with Crippen molar-refractivity contribution in [2.24, 2.45) is 0 Å². The molecule has 1 aliphatic carbocycles. The molecule has 56 heavy (non-hydrogen) atoms. The number of benzene rings is 10. The van der Waals surface area contributed by atoms with Gasteiger partial charge in [-0.3, -0.25) is 0 Å². The smallest absolute Gasteiger partial charge is 0.0433 e. The fraction of sp³-hybridized carbons (Fsp3) is 0.0545. The second kappa shape index (κ2) is 11.7. The lowest BCUT2D eigenvalue weighted by Crippen LogP contribution is -2.15. The third-order valence-electron chi connectivity index (χ3n) is 12.6. The highest BCUT2D eigenvalue weighted by Crippen LogP contribution is 2.53. The predicted octanol–water partition coefficient (Wildman–Crippen LogP) is 16.0. The van der Waals surface area contributed by atoms with Crippen molar-refractivity contribution in [3.8, 4) is 44.5 Å². The van der Waals surface area contributed by atoms with Crippen LogP contribution in [-0.4, -0.2) is 0 Å². The maximum absolute atomic E-state index is 2.50. The molecule has 0 N–H and O–H groups in total. The normalized spacial score (nSPS) is 13.3. The van der Waals surface area contributed by atoms with Crippen molar-refractivity contribution in [1.82, 2.24) is 0 Å². The van der Waals surface area contributed by atoms with Gasteiger partial charge in [0.05, 0.1) is 0 Å². The van der Waals surface area contributed by atoms with Crippen molar-refractivity contribution >= 4 is 74.6 Å². The molecule has 0 saturated heterocycles. The van der Waals surface area contributed by atoms with Gasteiger partial charge in [0.1, 0.15) is 0 Å². The van der Waals surface area contributed by atoms with Gasteiger partial charge in [0.25, 0.3) is 0 Å². The van der Waals surface area contributed by atoms with Crippen LogP contribution in [0.3, 0.4) is 0 Å². The molecule has 0 saturated carbocycles. The molecule has 0 nitrogen and oxygen atoms in total. The molecule has 0 amide bonds. The Morgan fingerprint density at radius 1 is 0.339 bits per heavy atom. The molecule has 0 fully saturated rings. The lowest BCUT2D eigenvalue weighted by Gasteiger charge is -2.22. The topological polar surface area (TPSA) is 0 Å². The Kier molecular flexibility index (Phi) is 6.66. The van der Waals surface area contributed by atoms with Gasteiger partial charge in [-0.15, -0.1) is 11.3 Å². The fourth-order valence-electron chi connectivity index (χ4n) is 9.94. The number of hydrogen-bond acceptors (Lipinski definition) is 1. The van der Waals surface area contributed by atoms with Gasteiger partial charge in [-0.2, -0.15) is 0 Å². The molecular weight excluding hydrogens is 693 g/mol. The van der Waals surface area contributed by atoms with E-state index in [4.69, 9.17) is 0 Å². The highest BCUT2D eigenvalue weighted by molar-refractivity contribution is 7.26. The highest BCUT2D eigenvalue weighted by Gasteiger charge is 2.36. The Balaban J connectivity index is 1.01. The lowest BCUT2D eigenvalue weighted by molar-refractivity contribution is 0.661. The first-order chi connectivity index (χ1) is 27.5. The summed E-state index contributed by atoms with van der Waals surface area (Å²) < 4.78 is 2.75. The Morgan fingerprint density at radius 2 is 0.911 bits per heavy atom. The molecular formula is C55H36S. The lowest BCUT2D eigenvalue weighted by atomic mass is 9.81. The Morgan fingerprint density at radius 3 is 1.66 bits per heavy atom. The van der Waals surface area contributed by atoms with Crippen LogP contribution in [0.4, 0.5) is 0 Å². The molecule has 1 heteroatoms. The third-order valence-corrected chi connectivity index (χ3v) is 13.8. The van der Waals surface area contributed by atoms with Crippen molar-refractivity contribution in [2.45, 2.75) is 19.3 Å². The van der Waals surface area contributed by atoms with Gasteiger partial charge in [0.15, 0.2) is 0 Å². The van der Waals surface area contributed by atoms with Gasteiger partial charge in [0, 0.05) is 25.6 Å². The summed E-state index contributed by atoms with van der Waals surface area (Å²) in [7, 11) is 0. The van der Waals surface area contributed by atoms with Crippen LogP contribution in [0.1, 0.15) is 25.0 Å². The molecule has 0 unspecified atom stereocenters. The summed E-state index contributed by atoms with van der Waals surface area (Å²) in [5, 5.41) is 13.0. The van der Waals surface area contributed by atoms with Crippen molar-refractivity contribution in [2.75, 3.05) is 0 Å². The van der Waals surface area contributed by atoms with E-state index in [2.05, 4.69) is 196 Å². The summed E-state index contributed by atoms with van der Waals surface area (Å²) in [5.74, 6) is 0. The monoisotopic (exact) mass is 728 g/mol. The minimum absolute atomic E-state index is 0.124. The largest absolute Gasteiger partial charge is 0.135 e. The average molecular weight is 729 g/mol. The average Bonchev–Trinajstić information content (AvgIpc) is 3.73. The van der Waals surface area contributed by atoms with Crippen molar-refractivity contribution in [1.29, 1.82) is 0 Å². The number of rotatable bonds is 3. The van der Waals surface area contributed by atoms with Gasteiger partial charge in [-0.05, 0) is 123 Å². The van der Waals surface area contributed by atoms with Crippen LogP contribution >= 0.6 is 11.3 Å². The van der Waals surface area contributed by atoms with Crippen molar-refractivity contribution in [3.63, 3.8) is 0 Å². The number of fused-ring (bicyclic) bond motifs is 11. The van der Waals surface area contributed by atoms with Gasteiger partial charge in [-0.25, -0.2) is 0 Å². The van der Waals surface area contributed by atoms with Gasteiger partial charge in [0.2, 0.25) is 0 Å². The van der Waals surface area contributed by atoms with E-state index in [0.717, 1.165) is 0 Å². The van der Waals surface area contributed by atoms with Crippen LogP contribution in [0.25, 0.3) is 108 Å². The van der Waals surface area contributed by atoms with E-state index in [1.54, 1.807) is 0 Å². The highest BCUT2D eigenvalue weighted by atomic mass is 32.1. The molecule has 0 atom stereocenters. The second-order valence-electron chi connectivity index (χ2n) is 16.0. The first-order valence-electron chi connectivity index (χ1n) is 19.6. The summed E-state index contributed by atoms with van der Waals surface area (Å²) in [6.07, 6.45) is 0. The molecule has 12 rings (SSSR count). The Hall–Kier alpha value is -6.54. The minimum Gasteiger partial charge on any atom is -0.135 e. The standard InChI is InChI=1S/C55H36S/c1-55(2)49-30-36(26-27-40(49)47-32-51-48(31-50(47)55)46-28-25-34-14-4-6-19-39(34)54(46)56-51)35-16-11-17-37(29-35)52-42-20-7-9-22-44(42)53(45-23-10-8-21-43(45)52)41-24-12-15-33-13-3-5-18-38(33)41/h3-32H,1-2H3. The van der Waals surface area contributed by atoms with E-state index >= 15 is 0 Å². The van der Waals surface area contributed by atoms with Crippen molar-refractivity contribution in [3.05, 3.63) is 193 Å². The third kappa shape index (κ3) is 4.47. The Bertz CT molecular complexity index is 3390. The minimum atomic E-state index is -0.124. The zero-order chi connectivity index (χ0) is 37.1. The molecule has 1 heterocycles. The van der Waals surface area contributed by atoms with E-state index in [9.17, 15) is 0 Å². The fourth-order valence-corrected chi connectivity index (χ4v) is 11.2. The molecule has 1 aliphatic rings. The number of thiophene rings is 1. The van der Waals surface area contributed by atoms with Crippen LogP contribution in [0, 0.1) is 0 Å². The molecule has 0 bridgehead atoms. The Labute approximate surface area is 329 Å². The maximum atomic E-state index is 2.50. The summed E-state index contributed by atoms with van der Waals surface area (Å²) in [6.45, 7) is 4.81. The molecule has 10 aromatic carbocycles. The molecule has 1 aromatic heterocycles. The summed E-state index contributed by atoms with van der Waals surface area (Å²) in [4.78, 5) is 0. The first-order valence-corrected chi connectivity index (χ1v) is 20.4. The molecule has 0 aliphatic heterocycles. The van der Waals surface area contributed by atoms with Crippen molar-refractivity contribution < 1.29 is 0 Å². The SMILES string of the molecule is CC1(C)c2cc(-c3cccc(-c4c5ccccc5c(-c5cccc6ccccc56)c5ccccc45)c3)ccc2-c2cc3sc4c5ccccc5ccc4c3cc21. The molecule has 0 radical (unpaired) electrons. The maximum Gasteiger partial charge on any atom is 0.0433 e. The van der Waals surface area contributed by atoms with Crippen LogP contribution < -0.4 is 0 Å². The van der Waals surface area contributed by atoms with Crippen LogP contribution in [0.15, 0.2) is 182 Å². The summed E-state index contributed by atoms with van der Waals surface area (Å²) >= 11 is 1.93. The predicted molar refractivity (Wildman–Crippen MR) is 243 cm³/mol. The van der Waals surface area contributed by atoms with Crippen LogP contribution in [0.2, 0.25) is 0 Å². The zero-order valence-electron chi connectivity index (χ0n) is 31.2. The molecule has 262 valence electrons. The number of hydrogen-bond donors (Lipinski definition) is 0. The van der Waals surface area contributed by atoms with E-state index in [1.165, 1.54) is 119 Å². The van der Waals surface area contributed by atoms with Crippen LogP contribution in [0.5, 0.6) is 0 Å². The van der Waals surface area contributed by atoms with E-state index in [0.29, 0.717) is 0 Å². The molecule has 11 aromatic rings. The summed E-state index contributed by atoms with van der Waals surface area (Å²) in [5.41, 5.74) is 13.0. The quantitative estimate of drug-likeness (QED) is 0.159.